The van der Waals surface area contributed by atoms with E-state index >= 15 is 0 Å². The van der Waals surface area contributed by atoms with Gasteiger partial charge in [-0.1, -0.05) is 12.2 Å². The highest BCUT2D eigenvalue weighted by Crippen LogP contribution is 2.29. The van der Waals surface area contributed by atoms with Crippen LogP contribution < -0.4 is 5.32 Å². The van der Waals surface area contributed by atoms with Crippen molar-refractivity contribution in [2.45, 2.75) is 33.1 Å². The maximum Gasteiger partial charge on any atom is 0.348 e. The number of ether oxygens (including phenoxy) is 1. The van der Waals surface area contributed by atoms with Crippen molar-refractivity contribution >= 4 is 28.2 Å². The minimum absolute atomic E-state index is 0.0333. The molecule has 108 valence electrons. The Labute approximate surface area is 122 Å². The lowest BCUT2D eigenvalue weighted by Gasteiger charge is -2.16. The Hall–Kier alpha value is -1.62. The zero-order valence-electron chi connectivity index (χ0n) is 11.8. The second kappa shape index (κ2) is 6.70. The van der Waals surface area contributed by atoms with Crippen molar-refractivity contribution in [3.63, 3.8) is 0 Å². The van der Waals surface area contributed by atoms with Crippen LogP contribution in [0.15, 0.2) is 18.2 Å². The number of nitrogens with one attached hydrogen (secondary N) is 1. The van der Waals surface area contributed by atoms with Gasteiger partial charge in [0.2, 0.25) is 5.91 Å². The smallest absolute Gasteiger partial charge is 0.348 e. The predicted octanol–water partition coefficient (Wildman–Crippen LogP) is 3.53. The Morgan fingerprint density at radius 1 is 1.45 bits per heavy atom. The van der Waals surface area contributed by atoms with Gasteiger partial charge in [-0.2, -0.15) is 0 Å². The first-order chi connectivity index (χ1) is 9.61. The molecule has 4 nitrogen and oxygen atoms in total. The monoisotopic (exact) mass is 293 g/mol. The molecule has 0 aromatic carbocycles. The van der Waals surface area contributed by atoms with Crippen molar-refractivity contribution in [3.8, 4) is 0 Å². The molecular formula is C15H19NO3S. The molecule has 20 heavy (non-hydrogen) atoms. The Balaban J connectivity index is 2.03. The van der Waals surface area contributed by atoms with Crippen LogP contribution in [0, 0.1) is 12.8 Å². The predicted molar refractivity (Wildman–Crippen MR) is 80.1 cm³/mol. The fourth-order valence-corrected chi connectivity index (χ4v) is 3.17. The van der Waals surface area contributed by atoms with E-state index < -0.39 is 0 Å². The van der Waals surface area contributed by atoms with Gasteiger partial charge in [0.1, 0.15) is 4.88 Å². The van der Waals surface area contributed by atoms with Crippen LogP contribution in [-0.2, 0) is 9.53 Å². The molecule has 1 N–H and O–H groups in total. The van der Waals surface area contributed by atoms with E-state index in [1.807, 2.05) is 13.0 Å². The number of amides is 1. The van der Waals surface area contributed by atoms with Gasteiger partial charge < -0.3 is 10.1 Å². The van der Waals surface area contributed by atoms with Crippen molar-refractivity contribution < 1.29 is 14.3 Å². The van der Waals surface area contributed by atoms with Crippen molar-refractivity contribution in [2.75, 3.05) is 11.9 Å². The first kappa shape index (κ1) is 14.8. The molecule has 1 aromatic heterocycles. The Kier molecular flexibility index (Phi) is 4.95. The minimum Gasteiger partial charge on any atom is -0.462 e. The minimum atomic E-state index is -0.323. The molecule has 0 bridgehead atoms. The molecule has 1 unspecified atom stereocenters. The lowest BCUT2D eigenvalue weighted by Crippen LogP contribution is -2.22. The van der Waals surface area contributed by atoms with Crippen molar-refractivity contribution in [1.82, 2.24) is 0 Å². The highest BCUT2D eigenvalue weighted by molar-refractivity contribution is 7.18. The summed E-state index contributed by atoms with van der Waals surface area (Å²) in [5.74, 6) is -0.254. The third-order valence-corrected chi connectivity index (χ3v) is 4.40. The Morgan fingerprint density at radius 2 is 2.25 bits per heavy atom. The van der Waals surface area contributed by atoms with Crippen LogP contribution in [0.5, 0.6) is 0 Å². The van der Waals surface area contributed by atoms with Gasteiger partial charge in [0.25, 0.3) is 0 Å². The molecule has 1 aliphatic carbocycles. The first-order valence-electron chi connectivity index (χ1n) is 6.85. The van der Waals surface area contributed by atoms with Crippen molar-refractivity contribution in [3.05, 3.63) is 28.7 Å². The van der Waals surface area contributed by atoms with E-state index in [4.69, 9.17) is 4.74 Å². The van der Waals surface area contributed by atoms with E-state index in [1.54, 1.807) is 6.92 Å². The van der Waals surface area contributed by atoms with Gasteiger partial charge in [-0.25, -0.2) is 4.79 Å². The van der Waals surface area contributed by atoms with Gasteiger partial charge in [-0.15, -0.1) is 11.3 Å². The molecule has 1 aromatic rings. The molecule has 1 amide bonds. The maximum absolute atomic E-state index is 12.1. The highest BCUT2D eigenvalue weighted by atomic mass is 32.1. The zero-order chi connectivity index (χ0) is 14.5. The SMILES string of the molecule is CCOC(=O)c1sc(NC(=O)C2CC=CCC2)cc1C. The molecule has 0 saturated heterocycles. The number of carbonyl (C=O) groups is 2. The number of carbonyl (C=O) groups excluding carboxylic acids is 2. The van der Waals surface area contributed by atoms with E-state index in [0.717, 1.165) is 24.8 Å². The normalized spacial score (nSPS) is 17.8. The number of aryl methyl sites for hydroxylation is 1. The molecule has 0 spiro atoms. The summed E-state index contributed by atoms with van der Waals surface area (Å²) in [6, 6.07) is 1.83. The Morgan fingerprint density at radius 3 is 2.90 bits per heavy atom. The van der Waals surface area contributed by atoms with E-state index in [0.29, 0.717) is 16.5 Å². The number of anilines is 1. The van der Waals surface area contributed by atoms with Gasteiger partial charge in [0.15, 0.2) is 0 Å². The summed E-state index contributed by atoms with van der Waals surface area (Å²) in [7, 11) is 0. The summed E-state index contributed by atoms with van der Waals surface area (Å²) in [5.41, 5.74) is 0.840. The van der Waals surface area contributed by atoms with Gasteiger partial charge in [-0.05, 0) is 44.7 Å². The van der Waals surface area contributed by atoms with Crippen molar-refractivity contribution in [1.29, 1.82) is 0 Å². The number of hydrogen-bond donors (Lipinski definition) is 1. The third kappa shape index (κ3) is 3.48. The molecule has 0 fully saturated rings. The van der Waals surface area contributed by atoms with Crippen LogP contribution in [0.25, 0.3) is 0 Å². The van der Waals surface area contributed by atoms with E-state index in [-0.39, 0.29) is 17.8 Å². The fourth-order valence-electron chi connectivity index (χ4n) is 2.20. The molecule has 5 heteroatoms. The summed E-state index contributed by atoms with van der Waals surface area (Å²) in [5, 5.41) is 3.62. The highest BCUT2D eigenvalue weighted by Gasteiger charge is 2.21. The molecule has 0 aliphatic heterocycles. The van der Waals surface area contributed by atoms with E-state index in [2.05, 4.69) is 17.5 Å². The van der Waals surface area contributed by atoms with E-state index in [1.165, 1.54) is 11.3 Å². The summed E-state index contributed by atoms with van der Waals surface area (Å²) in [4.78, 5) is 24.4. The van der Waals surface area contributed by atoms with Crippen LogP contribution in [-0.4, -0.2) is 18.5 Å². The van der Waals surface area contributed by atoms with Crippen LogP contribution in [0.4, 0.5) is 5.00 Å². The molecule has 1 atom stereocenters. The second-order valence-corrected chi connectivity index (χ2v) is 5.87. The van der Waals surface area contributed by atoms with Gasteiger partial charge in [0.05, 0.1) is 11.6 Å². The third-order valence-electron chi connectivity index (χ3n) is 3.26. The second-order valence-electron chi connectivity index (χ2n) is 4.81. The molecule has 2 rings (SSSR count). The quantitative estimate of drug-likeness (QED) is 0.682. The molecule has 1 aliphatic rings. The van der Waals surface area contributed by atoms with E-state index in [9.17, 15) is 9.59 Å². The lowest BCUT2D eigenvalue weighted by atomic mass is 9.94. The number of hydrogen-bond acceptors (Lipinski definition) is 4. The largest absolute Gasteiger partial charge is 0.462 e. The van der Waals surface area contributed by atoms with Crippen LogP contribution >= 0.6 is 11.3 Å². The standard InChI is InChI=1S/C15H19NO3S/c1-3-19-15(18)13-10(2)9-12(20-13)16-14(17)11-7-5-4-6-8-11/h4-5,9,11H,3,6-8H2,1-2H3,(H,16,17). The van der Waals surface area contributed by atoms with Crippen molar-refractivity contribution in [2.24, 2.45) is 5.92 Å². The Bertz CT molecular complexity index is 533. The summed E-state index contributed by atoms with van der Waals surface area (Å²) in [6.45, 7) is 3.98. The average molecular weight is 293 g/mol. The molecule has 1 heterocycles. The number of rotatable bonds is 4. The van der Waals surface area contributed by atoms with Gasteiger partial charge in [0, 0.05) is 5.92 Å². The summed E-state index contributed by atoms with van der Waals surface area (Å²) < 4.78 is 4.99. The summed E-state index contributed by atoms with van der Waals surface area (Å²) in [6.07, 6.45) is 6.80. The summed E-state index contributed by atoms with van der Waals surface area (Å²) >= 11 is 1.28. The number of esters is 1. The molecular weight excluding hydrogens is 274 g/mol. The molecule has 0 radical (unpaired) electrons. The number of allylic oxidation sites excluding steroid dienone is 2. The topological polar surface area (TPSA) is 55.4 Å². The average Bonchev–Trinajstić information content (AvgIpc) is 2.81. The van der Waals surface area contributed by atoms with Crippen LogP contribution in [0.3, 0.4) is 0 Å². The fraction of sp³-hybridized carbons (Fsp3) is 0.467. The van der Waals surface area contributed by atoms with Crippen LogP contribution in [0.2, 0.25) is 0 Å². The van der Waals surface area contributed by atoms with Gasteiger partial charge in [-0.3, -0.25) is 4.79 Å². The zero-order valence-corrected chi connectivity index (χ0v) is 12.6. The maximum atomic E-state index is 12.1. The van der Waals surface area contributed by atoms with Crippen LogP contribution in [0.1, 0.15) is 41.4 Å². The lowest BCUT2D eigenvalue weighted by molar-refractivity contribution is -0.120. The van der Waals surface area contributed by atoms with Gasteiger partial charge >= 0.3 is 5.97 Å². The first-order valence-corrected chi connectivity index (χ1v) is 7.67. The number of thiophene rings is 1. The molecule has 0 saturated carbocycles.